The highest BCUT2D eigenvalue weighted by Gasteiger charge is 2.21. The van der Waals surface area contributed by atoms with E-state index in [1.54, 1.807) is 10.6 Å². The van der Waals surface area contributed by atoms with Crippen LogP contribution in [0.25, 0.3) is 22.4 Å². The van der Waals surface area contributed by atoms with Crippen LogP contribution in [-0.2, 0) is 22.4 Å². The number of rotatable bonds is 4. The van der Waals surface area contributed by atoms with Crippen molar-refractivity contribution in [2.45, 2.75) is 19.1 Å². The number of ether oxygens (including phenoxy) is 3. The van der Waals surface area contributed by atoms with Gasteiger partial charge >= 0.3 is 5.69 Å². The molecule has 2 aromatic carbocycles. The van der Waals surface area contributed by atoms with Crippen LogP contribution in [0.1, 0.15) is 5.56 Å². The van der Waals surface area contributed by atoms with Crippen LogP contribution in [-0.4, -0.2) is 42.1 Å². The zero-order valence-corrected chi connectivity index (χ0v) is 18.2. The minimum atomic E-state index is -0.315. The summed E-state index contributed by atoms with van der Waals surface area (Å²) in [5.74, 6) is 0.295. The monoisotopic (exact) mass is 458 g/mol. The molecule has 0 bridgehead atoms. The molecule has 31 heavy (non-hydrogen) atoms. The molecule has 0 N–H and O–H groups in total. The highest BCUT2D eigenvalue weighted by Crippen LogP contribution is 2.34. The molecule has 1 unspecified atom stereocenters. The maximum atomic E-state index is 12.6. The third-order valence-electron chi connectivity index (χ3n) is 5.47. The molecule has 1 saturated heterocycles. The van der Waals surface area contributed by atoms with E-state index >= 15 is 0 Å². The van der Waals surface area contributed by atoms with Gasteiger partial charge in [0, 0.05) is 28.2 Å². The molecule has 0 aliphatic carbocycles. The maximum absolute atomic E-state index is 12.6. The second kappa shape index (κ2) is 8.63. The van der Waals surface area contributed by atoms with Crippen molar-refractivity contribution in [1.82, 2.24) is 9.55 Å². The number of benzene rings is 2. The van der Waals surface area contributed by atoms with Crippen LogP contribution in [0.3, 0.4) is 0 Å². The average molecular weight is 459 g/mol. The maximum Gasteiger partial charge on any atom is 0.351 e. The first-order valence-electron chi connectivity index (χ1n) is 10.1. The topological polar surface area (TPSA) is 62.6 Å². The van der Waals surface area contributed by atoms with Crippen molar-refractivity contribution >= 4 is 23.2 Å². The van der Waals surface area contributed by atoms with Crippen molar-refractivity contribution in [2.24, 2.45) is 0 Å². The molecule has 0 radical (unpaired) electrons. The van der Waals surface area contributed by atoms with Crippen molar-refractivity contribution in [3.05, 3.63) is 68.6 Å². The highest BCUT2D eigenvalue weighted by molar-refractivity contribution is 6.35. The standard InChI is InChI=1S/C23H20Cl2N2O4/c24-17-8-16(9-18(25)10-17)14-1-2-20-15(7-14)3-4-27-21(20)11-22(26-23(27)28)31-13-19-12-29-5-6-30-19/h1-2,7-11,19H,3-6,12-13H2. The van der Waals surface area contributed by atoms with Crippen LogP contribution in [0, 0.1) is 0 Å². The summed E-state index contributed by atoms with van der Waals surface area (Å²) < 4.78 is 18.4. The summed E-state index contributed by atoms with van der Waals surface area (Å²) in [6, 6.07) is 13.5. The zero-order chi connectivity index (χ0) is 21.4. The van der Waals surface area contributed by atoms with Gasteiger partial charge in [-0.2, -0.15) is 4.98 Å². The molecule has 1 aromatic heterocycles. The van der Waals surface area contributed by atoms with E-state index in [1.165, 1.54) is 0 Å². The number of fused-ring (bicyclic) bond motifs is 3. The number of aromatic nitrogens is 2. The van der Waals surface area contributed by atoms with Crippen LogP contribution in [0.4, 0.5) is 0 Å². The van der Waals surface area contributed by atoms with Crippen molar-refractivity contribution in [3.63, 3.8) is 0 Å². The summed E-state index contributed by atoms with van der Waals surface area (Å²) in [4.78, 5) is 16.7. The Labute approximate surface area is 189 Å². The molecule has 1 atom stereocenters. The third-order valence-corrected chi connectivity index (χ3v) is 5.91. The summed E-state index contributed by atoms with van der Waals surface area (Å²) in [5, 5.41) is 1.19. The lowest BCUT2D eigenvalue weighted by atomic mass is 9.93. The van der Waals surface area contributed by atoms with E-state index in [4.69, 9.17) is 37.4 Å². The van der Waals surface area contributed by atoms with Gasteiger partial charge in [-0.15, -0.1) is 0 Å². The molecular weight excluding hydrogens is 439 g/mol. The fraction of sp³-hybridized carbons (Fsp3) is 0.304. The summed E-state index contributed by atoms with van der Waals surface area (Å²) >= 11 is 12.3. The normalized spacial score (nSPS) is 17.7. The second-order valence-electron chi connectivity index (χ2n) is 7.57. The summed E-state index contributed by atoms with van der Waals surface area (Å²) in [6.45, 7) is 2.46. The first kappa shape index (κ1) is 20.5. The quantitative estimate of drug-likeness (QED) is 0.585. The van der Waals surface area contributed by atoms with E-state index in [1.807, 2.05) is 30.3 Å². The van der Waals surface area contributed by atoms with Crippen LogP contribution in [0.2, 0.25) is 10.0 Å². The Morgan fingerprint density at radius 2 is 1.90 bits per heavy atom. The first-order valence-corrected chi connectivity index (χ1v) is 10.9. The fourth-order valence-electron chi connectivity index (χ4n) is 3.99. The Bertz CT molecular complexity index is 1170. The average Bonchev–Trinajstić information content (AvgIpc) is 2.77. The zero-order valence-electron chi connectivity index (χ0n) is 16.6. The first-order chi connectivity index (χ1) is 15.1. The molecule has 6 nitrogen and oxygen atoms in total. The molecule has 1 fully saturated rings. The van der Waals surface area contributed by atoms with Crippen LogP contribution in [0.5, 0.6) is 5.88 Å². The van der Waals surface area contributed by atoms with Crippen molar-refractivity contribution in [1.29, 1.82) is 0 Å². The van der Waals surface area contributed by atoms with Crippen LogP contribution in [0.15, 0.2) is 47.3 Å². The van der Waals surface area contributed by atoms with E-state index in [2.05, 4.69) is 11.1 Å². The third kappa shape index (κ3) is 4.34. The van der Waals surface area contributed by atoms with E-state index in [0.29, 0.717) is 42.3 Å². The number of hydrogen-bond donors (Lipinski definition) is 0. The van der Waals surface area contributed by atoms with Gasteiger partial charge in [0.15, 0.2) is 0 Å². The SMILES string of the molecule is O=c1nc(OCC2COCCO2)cc2n1CCc1cc(-c3cc(Cl)cc(Cl)c3)ccc1-2. The molecule has 0 spiro atoms. The Hall–Kier alpha value is -2.38. The molecule has 0 amide bonds. The van der Waals surface area contributed by atoms with Gasteiger partial charge in [0.25, 0.3) is 0 Å². The van der Waals surface area contributed by atoms with Gasteiger partial charge in [-0.3, -0.25) is 4.57 Å². The molecule has 0 saturated carbocycles. The van der Waals surface area contributed by atoms with Crippen molar-refractivity contribution in [2.75, 3.05) is 26.4 Å². The molecule has 3 heterocycles. The molecule has 5 rings (SSSR count). The Morgan fingerprint density at radius 1 is 1.06 bits per heavy atom. The lowest BCUT2D eigenvalue weighted by Crippen LogP contribution is -2.34. The highest BCUT2D eigenvalue weighted by atomic mass is 35.5. The van der Waals surface area contributed by atoms with Gasteiger partial charge in [0.1, 0.15) is 12.7 Å². The Balaban J connectivity index is 1.46. The summed E-state index contributed by atoms with van der Waals surface area (Å²) in [6.07, 6.45) is 0.577. The van der Waals surface area contributed by atoms with Gasteiger partial charge in [-0.25, -0.2) is 4.79 Å². The number of nitrogens with zero attached hydrogens (tertiary/aromatic N) is 2. The smallest absolute Gasteiger partial charge is 0.351 e. The second-order valence-corrected chi connectivity index (χ2v) is 8.45. The Morgan fingerprint density at radius 3 is 2.68 bits per heavy atom. The van der Waals surface area contributed by atoms with Gasteiger partial charge in [-0.05, 0) is 41.3 Å². The predicted octanol–water partition coefficient (Wildman–Crippen LogP) is 4.23. The van der Waals surface area contributed by atoms with Crippen LogP contribution < -0.4 is 10.4 Å². The summed E-state index contributed by atoms with van der Waals surface area (Å²) in [7, 11) is 0. The largest absolute Gasteiger partial charge is 0.475 e. The number of halogens is 2. The number of aryl methyl sites for hydroxylation is 1. The van der Waals surface area contributed by atoms with Gasteiger partial charge < -0.3 is 14.2 Å². The predicted molar refractivity (Wildman–Crippen MR) is 119 cm³/mol. The number of hydrogen-bond acceptors (Lipinski definition) is 5. The van der Waals surface area contributed by atoms with E-state index in [9.17, 15) is 4.79 Å². The molecular formula is C23H20Cl2N2O4. The minimum Gasteiger partial charge on any atom is -0.475 e. The van der Waals surface area contributed by atoms with E-state index in [0.717, 1.165) is 34.4 Å². The fourth-order valence-corrected chi connectivity index (χ4v) is 4.52. The van der Waals surface area contributed by atoms with E-state index in [-0.39, 0.29) is 18.4 Å². The van der Waals surface area contributed by atoms with Gasteiger partial charge in [0.05, 0.1) is 25.5 Å². The molecule has 3 aromatic rings. The molecule has 2 aliphatic heterocycles. The molecule has 2 aliphatic rings. The lowest BCUT2D eigenvalue weighted by Gasteiger charge is -2.24. The molecule has 8 heteroatoms. The van der Waals surface area contributed by atoms with E-state index < -0.39 is 0 Å². The Kier molecular flexibility index (Phi) is 5.71. The summed E-state index contributed by atoms with van der Waals surface area (Å²) in [5.41, 5.74) is 4.60. The van der Waals surface area contributed by atoms with Crippen molar-refractivity contribution < 1.29 is 14.2 Å². The van der Waals surface area contributed by atoms with Gasteiger partial charge in [0.2, 0.25) is 5.88 Å². The van der Waals surface area contributed by atoms with Crippen molar-refractivity contribution in [3.8, 4) is 28.3 Å². The van der Waals surface area contributed by atoms with Gasteiger partial charge in [-0.1, -0.05) is 41.4 Å². The minimum absolute atomic E-state index is 0.159. The van der Waals surface area contributed by atoms with Crippen LogP contribution >= 0.6 is 23.2 Å². The molecule has 160 valence electrons. The lowest BCUT2D eigenvalue weighted by molar-refractivity contribution is -0.102.